The number of Topliss-reactive ketones (excluding diaryl/α,β-unsaturated/α-hetero) is 1. The molecule has 2 aromatic rings. The molecule has 0 bridgehead atoms. The van der Waals surface area contributed by atoms with Crippen LogP contribution < -0.4 is 20.1 Å². The van der Waals surface area contributed by atoms with E-state index >= 15 is 0 Å². The highest BCUT2D eigenvalue weighted by Crippen LogP contribution is 2.49. The number of allylic oxidation sites excluding steroid dienone is 3. The Morgan fingerprint density at radius 1 is 1.14 bits per heavy atom. The van der Waals surface area contributed by atoms with E-state index in [1.165, 1.54) is 37.3 Å². The number of carbonyl (C=O) groups is 1. The zero-order chi connectivity index (χ0) is 27.3. The number of aliphatic hydroxyl groups excluding tert-OH is 1. The number of ketones is 1. The Kier molecular flexibility index (Phi) is 8.50. The smallest absolute Gasteiger partial charge is 0.418 e. The SMILES string of the molecule is CCO.COc1ccc(C2C(C#N)=C(N)N(c3ccccc3C(F)(F)F)C3=C2C(=O)CCC3)cc1OC. The predicted octanol–water partition coefficient (Wildman–Crippen LogP) is 5.03. The predicted molar refractivity (Wildman–Crippen MR) is 132 cm³/mol. The van der Waals surface area contributed by atoms with E-state index in [2.05, 4.69) is 6.07 Å². The van der Waals surface area contributed by atoms with Crippen LogP contribution in [-0.4, -0.2) is 31.7 Å². The van der Waals surface area contributed by atoms with E-state index in [0.29, 0.717) is 35.6 Å². The molecule has 0 saturated carbocycles. The van der Waals surface area contributed by atoms with Crippen LogP contribution in [0.25, 0.3) is 0 Å². The van der Waals surface area contributed by atoms with E-state index in [1.54, 1.807) is 25.1 Å². The van der Waals surface area contributed by atoms with Crippen molar-refractivity contribution in [3.63, 3.8) is 0 Å². The van der Waals surface area contributed by atoms with Crippen LogP contribution in [0.4, 0.5) is 18.9 Å². The Balaban J connectivity index is 0.00000121. The minimum absolute atomic E-state index is 0.00167. The lowest BCUT2D eigenvalue weighted by Gasteiger charge is -2.40. The normalized spacial score (nSPS) is 17.5. The molecule has 1 aliphatic carbocycles. The molecule has 3 N–H and O–H groups in total. The van der Waals surface area contributed by atoms with E-state index < -0.39 is 17.7 Å². The van der Waals surface area contributed by atoms with Crippen molar-refractivity contribution in [1.29, 1.82) is 5.26 Å². The van der Waals surface area contributed by atoms with Gasteiger partial charge in [0.15, 0.2) is 17.3 Å². The topological polar surface area (TPSA) is 109 Å². The van der Waals surface area contributed by atoms with Gasteiger partial charge >= 0.3 is 6.18 Å². The van der Waals surface area contributed by atoms with Gasteiger partial charge in [-0.05, 0) is 49.6 Å². The molecule has 4 rings (SSSR count). The maximum atomic E-state index is 13.8. The van der Waals surface area contributed by atoms with E-state index in [9.17, 15) is 23.2 Å². The fourth-order valence-electron chi connectivity index (χ4n) is 4.64. The molecule has 2 aromatic carbocycles. The molecule has 2 aliphatic rings. The lowest BCUT2D eigenvalue weighted by atomic mass is 9.75. The largest absolute Gasteiger partial charge is 0.493 e. The summed E-state index contributed by atoms with van der Waals surface area (Å²) in [5.74, 6) is -0.335. The Labute approximate surface area is 213 Å². The second-order valence-corrected chi connectivity index (χ2v) is 8.26. The maximum Gasteiger partial charge on any atom is 0.418 e. The van der Waals surface area contributed by atoms with Crippen LogP contribution in [0.2, 0.25) is 0 Å². The highest BCUT2D eigenvalue weighted by molar-refractivity contribution is 6.01. The van der Waals surface area contributed by atoms with Gasteiger partial charge in [-0.15, -0.1) is 0 Å². The maximum absolute atomic E-state index is 13.8. The number of methoxy groups -OCH3 is 2. The van der Waals surface area contributed by atoms with Crippen molar-refractivity contribution in [1.82, 2.24) is 0 Å². The first kappa shape index (κ1) is 27.6. The summed E-state index contributed by atoms with van der Waals surface area (Å²) in [5.41, 5.74) is 6.50. The molecule has 0 aromatic heterocycles. The van der Waals surface area contributed by atoms with Gasteiger partial charge in [-0.25, -0.2) is 0 Å². The summed E-state index contributed by atoms with van der Waals surface area (Å²) in [7, 11) is 2.95. The number of hydrogen-bond donors (Lipinski definition) is 2. The number of para-hydroxylation sites is 1. The van der Waals surface area contributed by atoms with Gasteiger partial charge in [-0.1, -0.05) is 18.2 Å². The fourth-order valence-corrected chi connectivity index (χ4v) is 4.64. The number of rotatable bonds is 4. The van der Waals surface area contributed by atoms with Crippen molar-refractivity contribution in [3.05, 3.63) is 76.3 Å². The Hall–Kier alpha value is -3.97. The minimum Gasteiger partial charge on any atom is -0.493 e. The third-order valence-corrected chi connectivity index (χ3v) is 6.10. The first-order valence-corrected chi connectivity index (χ1v) is 11.6. The number of benzene rings is 2. The Morgan fingerprint density at radius 2 is 1.78 bits per heavy atom. The van der Waals surface area contributed by atoms with Gasteiger partial charge in [0.2, 0.25) is 0 Å². The molecule has 0 amide bonds. The van der Waals surface area contributed by atoms with Crippen LogP contribution in [-0.2, 0) is 11.0 Å². The number of anilines is 1. The molecule has 0 radical (unpaired) electrons. The number of aliphatic hydroxyl groups is 1. The average molecular weight is 516 g/mol. The second kappa shape index (κ2) is 11.4. The van der Waals surface area contributed by atoms with Crippen LogP contribution in [0.1, 0.15) is 43.2 Å². The summed E-state index contributed by atoms with van der Waals surface area (Å²) in [6.07, 6.45) is -3.61. The number of hydrogen-bond acceptors (Lipinski definition) is 7. The Morgan fingerprint density at radius 3 is 2.38 bits per heavy atom. The third kappa shape index (κ3) is 5.27. The summed E-state index contributed by atoms with van der Waals surface area (Å²) < 4.78 is 52.2. The lowest BCUT2D eigenvalue weighted by molar-refractivity contribution is -0.137. The molecule has 0 saturated heterocycles. The third-order valence-electron chi connectivity index (χ3n) is 6.10. The van der Waals surface area contributed by atoms with Gasteiger partial charge in [0.25, 0.3) is 0 Å². The number of carbonyl (C=O) groups excluding carboxylic acids is 1. The summed E-state index contributed by atoms with van der Waals surface area (Å²) in [6, 6.07) is 12.1. The summed E-state index contributed by atoms with van der Waals surface area (Å²) >= 11 is 0. The van der Waals surface area contributed by atoms with Crippen molar-refractivity contribution in [2.75, 3.05) is 25.7 Å². The number of nitriles is 1. The molecule has 1 atom stereocenters. The monoisotopic (exact) mass is 515 g/mol. The minimum atomic E-state index is -4.65. The molecule has 10 heteroatoms. The molecule has 196 valence electrons. The van der Waals surface area contributed by atoms with E-state index in [0.717, 1.165) is 6.07 Å². The Bertz CT molecular complexity index is 1280. The molecule has 7 nitrogen and oxygen atoms in total. The standard InChI is InChI=1S/C25H22F3N3O3.C2H6O/c1-33-20-11-10-14(12-21(20)34-2)22-15(13-29)24(30)31(18-8-5-9-19(32)23(18)22)17-7-4-3-6-16(17)25(26,27)28;1-2-3/h3-4,6-7,10-12,22H,5,8-9,30H2,1-2H3;3H,2H2,1H3. The molecule has 1 heterocycles. The van der Waals surface area contributed by atoms with E-state index in [4.69, 9.17) is 20.3 Å². The molecular formula is C27H28F3N3O4. The van der Waals surface area contributed by atoms with Crippen LogP contribution in [0.3, 0.4) is 0 Å². The van der Waals surface area contributed by atoms with E-state index in [1.807, 2.05) is 0 Å². The molecule has 1 aliphatic heterocycles. The first-order chi connectivity index (χ1) is 17.6. The van der Waals surface area contributed by atoms with Crippen LogP contribution in [0.5, 0.6) is 11.5 Å². The van der Waals surface area contributed by atoms with Gasteiger partial charge in [-0.3, -0.25) is 9.69 Å². The van der Waals surface area contributed by atoms with Crippen molar-refractivity contribution in [2.45, 2.75) is 38.3 Å². The van der Waals surface area contributed by atoms with Crippen molar-refractivity contribution < 1.29 is 32.5 Å². The zero-order valence-electron chi connectivity index (χ0n) is 20.7. The van der Waals surface area contributed by atoms with Crippen LogP contribution in [0, 0.1) is 11.3 Å². The van der Waals surface area contributed by atoms with Gasteiger partial charge in [0, 0.05) is 24.3 Å². The summed E-state index contributed by atoms with van der Waals surface area (Å²) in [6.45, 7) is 1.93. The van der Waals surface area contributed by atoms with Crippen LogP contribution in [0.15, 0.2) is 65.1 Å². The molecule has 37 heavy (non-hydrogen) atoms. The number of ether oxygens (including phenoxy) is 2. The van der Waals surface area contributed by atoms with E-state index in [-0.39, 0.29) is 41.5 Å². The zero-order valence-corrected chi connectivity index (χ0v) is 20.7. The fraction of sp³-hybridized carbons (Fsp3) is 0.333. The highest BCUT2D eigenvalue weighted by atomic mass is 19.4. The van der Waals surface area contributed by atoms with Crippen molar-refractivity contribution in [2.24, 2.45) is 5.73 Å². The van der Waals surface area contributed by atoms with Crippen molar-refractivity contribution in [3.8, 4) is 17.6 Å². The van der Waals surface area contributed by atoms with Gasteiger partial charge < -0.3 is 20.3 Å². The summed E-state index contributed by atoms with van der Waals surface area (Å²) in [4.78, 5) is 14.4. The van der Waals surface area contributed by atoms with Crippen molar-refractivity contribution >= 4 is 11.5 Å². The highest BCUT2D eigenvalue weighted by Gasteiger charge is 2.43. The van der Waals surface area contributed by atoms with Crippen LogP contribution >= 0.6 is 0 Å². The molecule has 0 spiro atoms. The molecule has 0 fully saturated rings. The average Bonchev–Trinajstić information content (AvgIpc) is 2.87. The molecule has 1 unspecified atom stereocenters. The summed E-state index contributed by atoms with van der Waals surface area (Å²) in [5, 5.41) is 17.6. The van der Waals surface area contributed by atoms with Gasteiger partial charge in [-0.2, -0.15) is 18.4 Å². The van der Waals surface area contributed by atoms with Gasteiger partial charge in [0.1, 0.15) is 5.82 Å². The quantitative estimate of drug-likeness (QED) is 0.588. The first-order valence-electron chi connectivity index (χ1n) is 11.6. The second-order valence-electron chi connectivity index (χ2n) is 8.26. The number of nitrogens with two attached hydrogens (primary N) is 1. The lowest BCUT2D eigenvalue weighted by Crippen LogP contribution is -2.39. The number of nitrogens with zero attached hydrogens (tertiary/aromatic N) is 2. The molecular weight excluding hydrogens is 487 g/mol. The number of alkyl halides is 3. The van der Waals surface area contributed by atoms with Gasteiger partial charge in [0.05, 0.1) is 43.0 Å². The number of halogens is 3.